The minimum absolute atomic E-state index is 0.0913. The molecule has 0 aliphatic rings. The zero-order valence-corrected chi connectivity index (χ0v) is 50.3. The standard InChI is InChI=1S/C70H122O6/c1-4-7-10-13-16-19-22-24-26-28-30-32-33-34-35-36-37-39-40-42-44-46-48-51-54-57-60-63-69(72)75-66-67(65-74-68(71)62-59-56-53-50-21-18-15-12-9-6-3)76-70(73)64-61-58-55-52-49-47-45-43-41-38-31-29-27-25-23-20-17-14-11-8-5-2/h8,11,17,20,25,27-28,30-31,38,43,45,49,52,67H,4-7,9-10,12-16,18-19,21-24,26,29,32-37,39-42,44,46-48,50-51,53-66H2,1-3H3/b11-8-,20-17-,27-25-,30-28-,38-31-,45-43-,52-49-. The van der Waals surface area contributed by atoms with Crippen LogP contribution in [0.5, 0.6) is 0 Å². The molecule has 6 nitrogen and oxygen atoms in total. The lowest BCUT2D eigenvalue weighted by atomic mass is 10.0. The first-order chi connectivity index (χ1) is 37.5. The van der Waals surface area contributed by atoms with E-state index in [0.717, 1.165) is 89.9 Å². The monoisotopic (exact) mass is 1060 g/mol. The van der Waals surface area contributed by atoms with Gasteiger partial charge in [0, 0.05) is 19.3 Å². The number of hydrogen-bond donors (Lipinski definition) is 0. The Morgan fingerprint density at radius 3 is 0.842 bits per heavy atom. The van der Waals surface area contributed by atoms with E-state index in [4.69, 9.17) is 14.2 Å². The molecule has 0 saturated carbocycles. The van der Waals surface area contributed by atoms with Gasteiger partial charge in [-0.25, -0.2) is 0 Å². The quantitative estimate of drug-likeness (QED) is 0.0261. The molecule has 0 fully saturated rings. The van der Waals surface area contributed by atoms with Crippen molar-refractivity contribution in [2.45, 2.75) is 329 Å². The van der Waals surface area contributed by atoms with Crippen LogP contribution in [-0.4, -0.2) is 37.2 Å². The minimum Gasteiger partial charge on any atom is -0.462 e. The van der Waals surface area contributed by atoms with E-state index in [1.165, 1.54) is 186 Å². The zero-order chi connectivity index (χ0) is 55.0. The van der Waals surface area contributed by atoms with E-state index in [9.17, 15) is 14.4 Å². The van der Waals surface area contributed by atoms with Crippen molar-refractivity contribution in [3.8, 4) is 0 Å². The van der Waals surface area contributed by atoms with Crippen LogP contribution in [0.2, 0.25) is 0 Å². The van der Waals surface area contributed by atoms with Gasteiger partial charge in [-0.1, -0.05) is 292 Å². The third kappa shape index (κ3) is 61.4. The van der Waals surface area contributed by atoms with Crippen molar-refractivity contribution in [1.29, 1.82) is 0 Å². The summed E-state index contributed by atoms with van der Waals surface area (Å²) in [4.78, 5) is 38.2. The molecule has 0 N–H and O–H groups in total. The Labute approximate surface area is 471 Å². The zero-order valence-electron chi connectivity index (χ0n) is 50.3. The number of esters is 3. The van der Waals surface area contributed by atoms with Gasteiger partial charge >= 0.3 is 17.9 Å². The summed E-state index contributed by atoms with van der Waals surface area (Å²) < 4.78 is 16.9. The molecule has 0 saturated heterocycles. The normalized spacial score (nSPS) is 12.6. The first kappa shape index (κ1) is 72.6. The molecule has 0 aromatic heterocycles. The molecule has 0 amide bonds. The second kappa shape index (κ2) is 64.1. The summed E-state index contributed by atoms with van der Waals surface area (Å²) in [6, 6.07) is 0. The van der Waals surface area contributed by atoms with Crippen molar-refractivity contribution in [2.24, 2.45) is 0 Å². The van der Waals surface area contributed by atoms with Crippen molar-refractivity contribution in [1.82, 2.24) is 0 Å². The third-order valence-electron chi connectivity index (χ3n) is 14.1. The summed E-state index contributed by atoms with van der Waals surface area (Å²) >= 11 is 0. The molecule has 0 radical (unpaired) electrons. The highest BCUT2D eigenvalue weighted by Gasteiger charge is 2.19. The topological polar surface area (TPSA) is 78.9 Å². The van der Waals surface area contributed by atoms with Crippen molar-refractivity contribution < 1.29 is 28.6 Å². The molecule has 0 spiro atoms. The van der Waals surface area contributed by atoms with Gasteiger partial charge in [0.15, 0.2) is 6.10 Å². The van der Waals surface area contributed by atoms with Crippen LogP contribution in [-0.2, 0) is 28.6 Å². The molecule has 0 aromatic carbocycles. The van der Waals surface area contributed by atoms with Crippen LogP contribution in [0.4, 0.5) is 0 Å². The van der Waals surface area contributed by atoms with Crippen molar-refractivity contribution in [3.63, 3.8) is 0 Å². The van der Waals surface area contributed by atoms with Gasteiger partial charge < -0.3 is 14.2 Å². The summed E-state index contributed by atoms with van der Waals surface area (Å²) in [5.41, 5.74) is 0. The Kier molecular flexibility index (Phi) is 61.2. The highest BCUT2D eigenvalue weighted by Crippen LogP contribution is 2.17. The smallest absolute Gasteiger partial charge is 0.306 e. The van der Waals surface area contributed by atoms with Gasteiger partial charge in [0.25, 0.3) is 0 Å². The Balaban J connectivity index is 4.26. The Bertz CT molecular complexity index is 1450. The second-order valence-electron chi connectivity index (χ2n) is 21.6. The summed E-state index contributed by atoms with van der Waals surface area (Å²) in [5, 5.41) is 0. The predicted molar refractivity (Wildman–Crippen MR) is 330 cm³/mol. The lowest BCUT2D eigenvalue weighted by Gasteiger charge is -2.18. The maximum atomic E-state index is 12.9. The molecule has 1 unspecified atom stereocenters. The van der Waals surface area contributed by atoms with Crippen molar-refractivity contribution >= 4 is 17.9 Å². The average Bonchev–Trinajstić information content (AvgIpc) is 3.42. The van der Waals surface area contributed by atoms with E-state index in [1.807, 2.05) is 0 Å². The maximum absolute atomic E-state index is 12.9. The molecule has 1 atom stereocenters. The summed E-state index contributed by atoms with van der Waals surface area (Å²) in [6.45, 7) is 6.51. The maximum Gasteiger partial charge on any atom is 0.306 e. The molecule has 0 bridgehead atoms. The highest BCUT2D eigenvalue weighted by atomic mass is 16.6. The minimum atomic E-state index is -0.798. The number of ether oxygens (including phenoxy) is 3. The first-order valence-corrected chi connectivity index (χ1v) is 32.6. The van der Waals surface area contributed by atoms with Crippen LogP contribution in [0.15, 0.2) is 85.1 Å². The van der Waals surface area contributed by atoms with Gasteiger partial charge in [0.2, 0.25) is 0 Å². The van der Waals surface area contributed by atoms with Crippen molar-refractivity contribution in [2.75, 3.05) is 13.2 Å². The third-order valence-corrected chi connectivity index (χ3v) is 14.1. The molecule has 0 aliphatic carbocycles. The van der Waals surface area contributed by atoms with Crippen molar-refractivity contribution in [3.05, 3.63) is 85.1 Å². The number of carbonyl (C=O) groups is 3. The van der Waals surface area contributed by atoms with Gasteiger partial charge in [0.1, 0.15) is 13.2 Å². The molecule has 76 heavy (non-hydrogen) atoms. The molecule has 6 heteroatoms. The Morgan fingerprint density at radius 1 is 0.276 bits per heavy atom. The van der Waals surface area contributed by atoms with Crippen LogP contribution in [0.25, 0.3) is 0 Å². The van der Waals surface area contributed by atoms with Gasteiger partial charge in [-0.05, 0) is 96.3 Å². The van der Waals surface area contributed by atoms with Crippen LogP contribution >= 0.6 is 0 Å². The number of rotatable bonds is 59. The molecule has 0 heterocycles. The molecular weight excluding hydrogens is 937 g/mol. The van der Waals surface area contributed by atoms with E-state index < -0.39 is 6.10 Å². The summed E-state index contributed by atoms with van der Waals surface area (Å²) in [5.74, 6) is -0.924. The van der Waals surface area contributed by atoms with E-state index in [0.29, 0.717) is 19.3 Å². The molecular formula is C70H122O6. The summed E-state index contributed by atoms with van der Waals surface area (Å²) in [6.07, 6.45) is 84.7. The highest BCUT2D eigenvalue weighted by molar-refractivity contribution is 5.71. The van der Waals surface area contributed by atoms with E-state index in [-0.39, 0.29) is 37.5 Å². The van der Waals surface area contributed by atoms with Crippen LogP contribution in [0.1, 0.15) is 323 Å². The molecule has 0 aromatic rings. The second-order valence-corrected chi connectivity index (χ2v) is 21.6. The van der Waals surface area contributed by atoms with E-state index in [2.05, 4.69) is 106 Å². The average molecular weight is 1060 g/mol. The predicted octanol–water partition coefficient (Wildman–Crippen LogP) is 22.3. The molecule has 0 rings (SSSR count). The van der Waals surface area contributed by atoms with Gasteiger partial charge in [-0.2, -0.15) is 0 Å². The van der Waals surface area contributed by atoms with Gasteiger partial charge in [0.05, 0.1) is 0 Å². The Morgan fingerprint density at radius 2 is 0.513 bits per heavy atom. The lowest BCUT2D eigenvalue weighted by Crippen LogP contribution is -2.30. The molecule has 0 aliphatic heterocycles. The number of unbranched alkanes of at least 4 members (excludes halogenated alkanes) is 34. The number of hydrogen-bond acceptors (Lipinski definition) is 6. The number of allylic oxidation sites excluding steroid dienone is 14. The SMILES string of the molecule is CC/C=C\C/C=C\C/C=C\C/C=C\C/C=C\C/C=C\CCCCC(=O)OC(COC(=O)CCCCCCCCCCCC)COC(=O)CCCCCCCCCCCCCCCCC/C=C\CCCCCCCCCC. The van der Waals surface area contributed by atoms with E-state index in [1.54, 1.807) is 0 Å². The largest absolute Gasteiger partial charge is 0.462 e. The van der Waals surface area contributed by atoms with Crippen LogP contribution in [0, 0.1) is 0 Å². The number of carbonyl (C=O) groups excluding carboxylic acids is 3. The van der Waals surface area contributed by atoms with E-state index >= 15 is 0 Å². The fourth-order valence-corrected chi connectivity index (χ4v) is 9.27. The van der Waals surface area contributed by atoms with Crippen LogP contribution in [0.3, 0.4) is 0 Å². The molecule has 438 valence electrons. The van der Waals surface area contributed by atoms with Gasteiger partial charge in [-0.3, -0.25) is 14.4 Å². The Hall–Kier alpha value is -3.41. The lowest BCUT2D eigenvalue weighted by molar-refractivity contribution is -0.167. The first-order valence-electron chi connectivity index (χ1n) is 32.6. The fourth-order valence-electron chi connectivity index (χ4n) is 9.27. The van der Waals surface area contributed by atoms with Crippen LogP contribution < -0.4 is 0 Å². The summed E-state index contributed by atoms with van der Waals surface area (Å²) in [7, 11) is 0. The van der Waals surface area contributed by atoms with Gasteiger partial charge in [-0.15, -0.1) is 0 Å². The fraction of sp³-hybridized carbons (Fsp3) is 0.757.